The largest absolute Gasteiger partial charge is 0.415 e. The van der Waals surface area contributed by atoms with Gasteiger partial charge in [-0.3, -0.25) is 0 Å². The summed E-state index contributed by atoms with van der Waals surface area (Å²) >= 11 is 0. The number of fused-ring (bicyclic) bond motifs is 6. The molecule has 11 rings (SSSR count). The van der Waals surface area contributed by atoms with Crippen LogP contribution >= 0.6 is 0 Å². The maximum atomic E-state index is 5.01. The predicted molar refractivity (Wildman–Crippen MR) is 247 cm³/mol. The van der Waals surface area contributed by atoms with E-state index in [4.69, 9.17) is 4.98 Å². The Kier molecular flexibility index (Phi) is 8.77. The van der Waals surface area contributed by atoms with Gasteiger partial charge in [0.25, 0.3) is 0 Å². The Balaban J connectivity index is 0.00000433. The van der Waals surface area contributed by atoms with Crippen molar-refractivity contribution in [3.8, 4) is 11.5 Å². The molecule has 2 aliphatic heterocycles. The summed E-state index contributed by atoms with van der Waals surface area (Å²) in [5, 5.41) is 5.11. The Hall–Kier alpha value is -5.69. The van der Waals surface area contributed by atoms with Gasteiger partial charge in [-0.25, -0.2) is 4.98 Å². The van der Waals surface area contributed by atoms with E-state index in [0.717, 1.165) is 50.7 Å². The van der Waals surface area contributed by atoms with Crippen LogP contribution in [0.5, 0.6) is 0 Å². The zero-order valence-corrected chi connectivity index (χ0v) is 38.5. The van der Waals surface area contributed by atoms with Crippen LogP contribution in [0.4, 0.5) is 22.7 Å². The number of aryl methyl sites for hydroxylation is 3. The second-order valence-corrected chi connectivity index (χ2v) is 22.3. The first-order chi connectivity index (χ1) is 28.4. The predicted octanol–water partition coefficient (Wildman–Crippen LogP) is 9.08. The number of aromatic nitrogens is 4. The minimum Gasteiger partial charge on any atom is -0.415 e. The first-order valence-corrected chi connectivity index (χ1v) is 23.6. The molecule has 298 valence electrons. The third kappa shape index (κ3) is 5.50. The monoisotopic (exact) mass is 975 g/mol. The van der Waals surface area contributed by atoms with Gasteiger partial charge >= 0.3 is 6.98 Å². The molecule has 0 atom stereocenters. The normalized spacial score (nSPS) is 14.2. The molecular formula is C51H45BN6PtSi-2. The number of rotatable bonds is 4. The van der Waals surface area contributed by atoms with Crippen LogP contribution in [0.3, 0.4) is 0 Å². The molecule has 6 nitrogen and oxygen atoms in total. The number of hydrogen-bond acceptors (Lipinski definition) is 3. The number of anilines is 4. The van der Waals surface area contributed by atoms with E-state index in [0.29, 0.717) is 0 Å². The molecule has 5 heterocycles. The zero-order valence-electron chi connectivity index (χ0n) is 35.2. The van der Waals surface area contributed by atoms with Crippen LogP contribution in [-0.2, 0) is 33.5 Å². The van der Waals surface area contributed by atoms with Gasteiger partial charge in [-0.1, -0.05) is 151 Å². The van der Waals surface area contributed by atoms with Crippen molar-refractivity contribution in [3.05, 3.63) is 163 Å². The fourth-order valence-electron chi connectivity index (χ4n) is 9.89. The summed E-state index contributed by atoms with van der Waals surface area (Å²) in [5.74, 6) is 0.891. The van der Waals surface area contributed by atoms with Crippen LogP contribution < -0.4 is 30.0 Å². The molecule has 2 aliphatic rings. The van der Waals surface area contributed by atoms with E-state index >= 15 is 0 Å². The average Bonchev–Trinajstić information content (AvgIpc) is 3.86. The molecule has 6 aromatic carbocycles. The molecule has 0 amide bonds. The van der Waals surface area contributed by atoms with E-state index in [1.807, 2.05) is 6.20 Å². The smallest absolute Gasteiger partial charge is 0.406 e. The summed E-state index contributed by atoms with van der Waals surface area (Å²) in [6, 6.07) is 52.6. The Labute approximate surface area is 368 Å². The van der Waals surface area contributed by atoms with Gasteiger partial charge in [0.15, 0.2) is 0 Å². The van der Waals surface area contributed by atoms with E-state index in [1.165, 1.54) is 48.9 Å². The molecule has 0 saturated carbocycles. The van der Waals surface area contributed by atoms with Crippen LogP contribution in [0.1, 0.15) is 37.5 Å². The molecule has 0 unspecified atom stereocenters. The van der Waals surface area contributed by atoms with Gasteiger partial charge in [-0.05, 0) is 66.0 Å². The molecule has 0 fully saturated rings. The van der Waals surface area contributed by atoms with Gasteiger partial charge in [0.1, 0.15) is 5.82 Å². The van der Waals surface area contributed by atoms with E-state index in [9.17, 15) is 0 Å². The molecule has 0 spiro atoms. The molecule has 0 bridgehead atoms. The molecule has 9 aromatic rings. The SMILES string of the molecule is Cc1cccc(C)c1B1N(c2[c-]c3c(cc2)c2ccccc2n3-c2cc(C(C)(C)C)ccn2)c2[c-]c3c(cc2N1c1ccccc1)[Si](C)(C)c1cccc2c1n-3[c-][n+]2C.[Pt]. The number of nitrogens with zero attached hydrogens (tertiary/aromatic N) is 6. The summed E-state index contributed by atoms with van der Waals surface area (Å²) in [6.45, 7) is 16.0. The van der Waals surface area contributed by atoms with Crippen LogP contribution in [0.15, 0.2) is 128 Å². The zero-order chi connectivity index (χ0) is 40.5. The van der Waals surface area contributed by atoms with Gasteiger partial charge in [-0.15, -0.1) is 17.5 Å². The standard InChI is InChI=1S/C51H45BN6Si.Pt/c1-33-16-14-17-34(2)49(33)52-57(36-18-10-9-11-19-36)44-31-47-45(55-32-54(6)41-22-15-23-46(50(41)55)59(47,7)8)30-43(44)58(52)37-24-25-39-38-20-12-13-21-40(38)56(42(39)29-37)48-28-35(26-27-53-48)51(3,4)5;/h9-28,31H,1-8H3;/q-2;. The van der Waals surface area contributed by atoms with Crippen molar-refractivity contribution in [2.24, 2.45) is 7.05 Å². The topological polar surface area (TPSA) is 33.1 Å². The van der Waals surface area contributed by atoms with Gasteiger partial charge in [0.2, 0.25) is 6.33 Å². The Morgan fingerprint density at radius 3 is 2.22 bits per heavy atom. The molecule has 0 N–H and O–H groups in total. The van der Waals surface area contributed by atoms with Crippen molar-refractivity contribution in [1.29, 1.82) is 0 Å². The van der Waals surface area contributed by atoms with E-state index < -0.39 is 8.07 Å². The van der Waals surface area contributed by atoms with Crippen molar-refractivity contribution in [1.82, 2.24) is 14.1 Å². The van der Waals surface area contributed by atoms with Crippen molar-refractivity contribution < 1.29 is 25.6 Å². The number of benzene rings is 6. The fourth-order valence-corrected chi connectivity index (χ4v) is 12.8. The first-order valence-electron chi connectivity index (χ1n) is 20.6. The maximum Gasteiger partial charge on any atom is 0.406 e. The third-order valence-corrected chi connectivity index (χ3v) is 16.4. The molecular weight excluding hydrogens is 931 g/mol. The number of para-hydroxylation sites is 3. The number of imidazole rings is 1. The minimum atomic E-state index is -2.21. The Morgan fingerprint density at radius 2 is 1.45 bits per heavy atom. The van der Waals surface area contributed by atoms with E-state index in [-0.39, 0.29) is 33.5 Å². The third-order valence-electron chi connectivity index (χ3n) is 12.9. The fraction of sp³-hybridized carbons (Fsp3) is 0.176. The second kappa shape index (κ2) is 13.7. The average molecular weight is 976 g/mol. The Morgan fingerprint density at radius 1 is 0.717 bits per heavy atom. The molecule has 3 aromatic heterocycles. The van der Waals surface area contributed by atoms with Crippen LogP contribution in [-0.4, -0.2) is 29.2 Å². The van der Waals surface area contributed by atoms with Gasteiger partial charge in [0.05, 0.1) is 18.1 Å². The van der Waals surface area contributed by atoms with Crippen molar-refractivity contribution >= 4 is 86.5 Å². The van der Waals surface area contributed by atoms with Crippen molar-refractivity contribution in [2.45, 2.75) is 53.1 Å². The summed E-state index contributed by atoms with van der Waals surface area (Å²) in [7, 11) is -0.111. The van der Waals surface area contributed by atoms with E-state index in [1.54, 1.807) is 0 Å². The Bertz CT molecular complexity index is 3180. The van der Waals surface area contributed by atoms with Crippen molar-refractivity contribution in [2.75, 3.05) is 9.62 Å². The van der Waals surface area contributed by atoms with Crippen molar-refractivity contribution in [3.63, 3.8) is 0 Å². The van der Waals surface area contributed by atoms with Crippen LogP contribution in [0, 0.1) is 32.3 Å². The molecule has 0 radical (unpaired) electrons. The van der Waals surface area contributed by atoms with Gasteiger partial charge < -0.3 is 23.3 Å². The minimum absolute atomic E-state index is 0. The summed E-state index contributed by atoms with van der Waals surface area (Å²) in [6.07, 6.45) is 5.64. The molecule has 0 aliphatic carbocycles. The quantitative estimate of drug-likeness (QED) is 0.100. The van der Waals surface area contributed by atoms with Gasteiger partial charge in [-0.2, -0.15) is 23.4 Å². The molecule has 0 saturated heterocycles. The second-order valence-electron chi connectivity index (χ2n) is 17.9. The maximum absolute atomic E-state index is 5.01. The van der Waals surface area contributed by atoms with Crippen LogP contribution in [0.2, 0.25) is 13.1 Å². The molecule has 9 heteroatoms. The molecule has 60 heavy (non-hydrogen) atoms. The first kappa shape index (κ1) is 38.5. The summed E-state index contributed by atoms with van der Waals surface area (Å²) in [4.78, 5) is 10.0. The number of hydrogen-bond donors (Lipinski definition) is 0. The van der Waals surface area contributed by atoms with Crippen LogP contribution in [0.25, 0.3) is 44.3 Å². The van der Waals surface area contributed by atoms with Gasteiger partial charge in [0, 0.05) is 46.5 Å². The summed E-state index contributed by atoms with van der Waals surface area (Å²) < 4.78 is 6.71. The number of pyridine rings is 1. The summed E-state index contributed by atoms with van der Waals surface area (Å²) in [5.41, 5.74) is 14.9. The van der Waals surface area contributed by atoms with E-state index in [2.05, 4.69) is 218 Å².